The van der Waals surface area contributed by atoms with E-state index in [1.165, 1.54) is 0 Å². The fourth-order valence-corrected chi connectivity index (χ4v) is 2.64. The predicted molar refractivity (Wildman–Crippen MR) is 76.8 cm³/mol. The Labute approximate surface area is 122 Å². The van der Waals surface area contributed by atoms with Crippen molar-refractivity contribution in [1.29, 1.82) is 0 Å². The Morgan fingerprint density at radius 2 is 2.43 bits per heavy atom. The highest BCUT2D eigenvalue weighted by Gasteiger charge is 2.32. The Morgan fingerprint density at radius 1 is 1.57 bits per heavy atom. The van der Waals surface area contributed by atoms with E-state index in [0.29, 0.717) is 5.69 Å². The summed E-state index contributed by atoms with van der Waals surface area (Å²) in [4.78, 5) is 14.2. The molecule has 2 aromatic heterocycles. The van der Waals surface area contributed by atoms with Crippen molar-refractivity contribution in [3.63, 3.8) is 0 Å². The summed E-state index contributed by atoms with van der Waals surface area (Å²) in [6, 6.07) is 1.74. The van der Waals surface area contributed by atoms with Crippen LogP contribution in [-0.2, 0) is 6.54 Å². The molecule has 1 saturated heterocycles. The van der Waals surface area contributed by atoms with Gasteiger partial charge in [-0.3, -0.25) is 4.68 Å². The van der Waals surface area contributed by atoms with Gasteiger partial charge in [-0.2, -0.15) is 5.10 Å². The number of aromatic nitrogens is 3. The molecule has 1 aliphatic heterocycles. The third-order valence-electron chi connectivity index (χ3n) is 3.70. The van der Waals surface area contributed by atoms with Gasteiger partial charge in [-0.25, -0.2) is 4.79 Å². The summed E-state index contributed by atoms with van der Waals surface area (Å²) in [7, 11) is 0. The molecule has 1 unspecified atom stereocenters. The maximum atomic E-state index is 12.4. The third kappa shape index (κ3) is 2.76. The molecule has 1 fully saturated rings. The minimum atomic E-state index is -0.123. The summed E-state index contributed by atoms with van der Waals surface area (Å²) < 4.78 is 7.09. The molecule has 1 aliphatic rings. The van der Waals surface area contributed by atoms with Crippen molar-refractivity contribution in [2.24, 2.45) is 0 Å². The summed E-state index contributed by atoms with van der Waals surface area (Å²) in [5, 5.41) is 10.9. The number of nitrogens with zero attached hydrogens (tertiary/aromatic N) is 4. The van der Waals surface area contributed by atoms with Crippen LogP contribution in [0.25, 0.3) is 0 Å². The summed E-state index contributed by atoms with van der Waals surface area (Å²) in [5.41, 5.74) is 1.54. The third-order valence-corrected chi connectivity index (χ3v) is 3.70. The second-order valence-electron chi connectivity index (χ2n) is 5.24. The lowest BCUT2D eigenvalue weighted by atomic mass is 10.1. The van der Waals surface area contributed by atoms with Crippen LogP contribution < -0.4 is 5.32 Å². The van der Waals surface area contributed by atoms with Gasteiger partial charge in [-0.15, -0.1) is 0 Å². The number of carbonyl (C=O) groups excluding carboxylic acids is 1. The molecular formula is C14H19N5O2. The zero-order chi connectivity index (χ0) is 14.8. The number of urea groups is 1. The van der Waals surface area contributed by atoms with Gasteiger partial charge >= 0.3 is 6.03 Å². The van der Waals surface area contributed by atoms with E-state index in [4.69, 9.17) is 4.52 Å². The van der Waals surface area contributed by atoms with Gasteiger partial charge in [0.05, 0.1) is 23.6 Å². The average Bonchev–Trinajstić information content (AvgIpc) is 3.17. The fourth-order valence-electron chi connectivity index (χ4n) is 2.64. The summed E-state index contributed by atoms with van der Waals surface area (Å²) in [6.07, 6.45) is 5.34. The van der Waals surface area contributed by atoms with Gasteiger partial charge in [0.15, 0.2) is 5.76 Å². The van der Waals surface area contributed by atoms with Crippen LogP contribution in [0.15, 0.2) is 23.0 Å². The summed E-state index contributed by atoms with van der Waals surface area (Å²) in [6.45, 7) is 5.38. The molecule has 0 radical (unpaired) electrons. The van der Waals surface area contributed by atoms with E-state index in [9.17, 15) is 4.79 Å². The first kappa shape index (κ1) is 13.7. The van der Waals surface area contributed by atoms with Crippen molar-refractivity contribution < 1.29 is 9.32 Å². The van der Waals surface area contributed by atoms with E-state index in [0.717, 1.165) is 37.4 Å². The highest BCUT2D eigenvalue weighted by atomic mass is 16.5. The van der Waals surface area contributed by atoms with Crippen LogP contribution in [0.5, 0.6) is 0 Å². The topological polar surface area (TPSA) is 76.2 Å². The number of likely N-dealkylation sites (tertiary alicyclic amines) is 1. The molecule has 3 heterocycles. The fraction of sp³-hybridized carbons (Fsp3) is 0.500. The van der Waals surface area contributed by atoms with Crippen LogP contribution in [-0.4, -0.2) is 32.4 Å². The average molecular weight is 289 g/mol. The number of hydrogen-bond acceptors (Lipinski definition) is 4. The van der Waals surface area contributed by atoms with Gasteiger partial charge in [-0.1, -0.05) is 5.16 Å². The molecule has 0 spiro atoms. The molecule has 7 heteroatoms. The normalized spacial score (nSPS) is 18.2. The monoisotopic (exact) mass is 289 g/mol. The maximum Gasteiger partial charge on any atom is 0.322 e. The first-order chi connectivity index (χ1) is 10.2. The zero-order valence-electron chi connectivity index (χ0n) is 12.2. The number of nitrogens with one attached hydrogen (secondary N) is 1. The maximum absolute atomic E-state index is 12.4. The van der Waals surface area contributed by atoms with Crippen molar-refractivity contribution in [2.45, 2.75) is 39.3 Å². The first-order valence-electron chi connectivity index (χ1n) is 7.20. The molecule has 2 amide bonds. The quantitative estimate of drug-likeness (QED) is 0.942. The number of hydrogen-bond donors (Lipinski definition) is 1. The number of carbonyl (C=O) groups is 1. The van der Waals surface area contributed by atoms with E-state index < -0.39 is 0 Å². The molecule has 0 bridgehead atoms. The Bertz CT molecular complexity index is 633. The molecular weight excluding hydrogens is 270 g/mol. The second-order valence-corrected chi connectivity index (χ2v) is 5.24. The van der Waals surface area contributed by atoms with Crippen LogP contribution in [0.4, 0.5) is 10.5 Å². The Hall–Kier alpha value is -2.31. The van der Waals surface area contributed by atoms with Crippen molar-refractivity contribution in [1.82, 2.24) is 19.8 Å². The predicted octanol–water partition coefficient (Wildman–Crippen LogP) is 2.57. The molecule has 0 aromatic carbocycles. The van der Waals surface area contributed by atoms with Crippen LogP contribution in [0, 0.1) is 6.92 Å². The molecule has 7 nitrogen and oxygen atoms in total. The van der Waals surface area contributed by atoms with Crippen molar-refractivity contribution in [3.8, 4) is 0 Å². The Balaban J connectivity index is 1.71. The summed E-state index contributed by atoms with van der Waals surface area (Å²) in [5.74, 6) is 0.754. The number of aryl methyl sites for hydroxylation is 2. The van der Waals surface area contributed by atoms with Gasteiger partial charge in [0.2, 0.25) is 0 Å². The van der Waals surface area contributed by atoms with Crippen molar-refractivity contribution in [3.05, 3.63) is 29.9 Å². The Morgan fingerprint density at radius 3 is 3.10 bits per heavy atom. The first-order valence-corrected chi connectivity index (χ1v) is 7.20. The minimum absolute atomic E-state index is 0.0348. The van der Waals surface area contributed by atoms with E-state index in [1.807, 2.05) is 26.1 Å². The standard InChI is InChI=1S/C14H19N5O2/c1-3-18-9-11(8-15-18)16-14(20)19-6-4-5-12(19)13-7-10(2)17-21-13/h7-9,12H,3-6H2,1-2H3,(H,16,20). The molecule has 1 N–H and O–H groups in total. The molecule has 2 aromatic rings. The SMILES string of the molecule is CCn1cc(NC(=O)N2CCCC2c2cc(C)no2)cn1. The Kier molecular flexibility index (Phi) is 3.64. The molecule has 3 rings (SSSR count). The van der Waals surface area contributed by atoms with Gasteiger partial charge < -0.3 is 14.7 Å². The molecule has 112 valence electrons. The van der Waals surface area contributed by atoms with Gasteiger partial charge in [0.1, 0.15) is 0 Å². The van der Waals surface area contributed by atoms with E-state index in [-0.39, 0.29) is 12.1 Å². The lowest BCUT2D eigenvalue weighted by Gasteiger charge is -2.22. The smallest absolute Gasteiger partial charge is 0.322 e. The highest BCUT2D eigenvalue weighted by molar-refractivity contribution is 5.89. The highest BCUT2D eigenvalue weighted by Crippen LogP contribution is 2.32. The van der Waals surface area contributed by atoms with Crippen molar-refractivity contribution >= 4 is 11.7 Å². The number of amides is 2. The minimum Gasteiger partial charge on any atom is -0.359 e. The van der Waals surface area contributed by atoms with E-state index in [2.05, 4.69) is 15.6 Å². The van der Waals surface area contributed by atoms with Crippen LogP contribution >= 0.6 is 0 Å². The zero-order valence-corrected chi connectivity index (χ0v) is 12.2. The van der Waals surface area contributed by atoms with Crippen LogP contribution in [0.3, 0.4) is 0 Å². The molecule has 0 saturated carbocycles. The van der Waals surface area contributed by atoms with E-state index >= 15 is 0 Å². The molecule has 0 aliphatic carbocycles. The van der Waals surface area contributed by atoms with E-state index in [1.54, 1.807) is 15.8 Å². The molecule has 21 heavy (non-hydrogen) atoms. The van der Waals surface area contributed by atoms with Crippen LogP contribution in [0.2, 0.25) is 0 Å². The van der Waals surface area contributed by atoms with Gasteiger partial charge in [0, 0.05) is 25.4 Å². The summed E-state index contributed by atoms with van der Waals surface area (Å²) >= 11 is 0. The lowest BCUT2D eigenvalue weighted by molar-refractivity contribution is 0.195. The largest absolute Gasteiger partial charge is 0.359 e. The lowest BCUT2D eigenvalue weighted by Crippen LogP contribution is -2.34. The second kappa shape index (κ2) is 5.59. The number of rotatable bonds is 3. The number of anilines is 1. The molecule has 1 atom stereocenters. The van der Waals surface area contributed by atoms with Crippen LogP contribution in [0.1, 0.15) is 37.3 Å². The van der Waals surface area contributed by atoms with Crippen molar-refractivity contribution in [2.75, 3.05) is 11.9 Å². The van der Waals surface area contributed by atoms with Gasteiger partial charge in [-0.05, 0) is 26.7 Å². The van der Waals surface area contributed by atoms with Gasteiger partial charge in [0.25, 0.3) is 0 Å².